The lowest BCUT2D eigenvalue weighted by Gasteiger charge is -2.30. The molecule has 0 bridgehead atoms. The molecule has 0 spiro atoms. The number of nitrogens with one attached hydrogen (secondary N) is 1. The van der Waals surface area contributed by atoms with E-state index in [2.05, 4.69) is 5.32 Å². The summed E-state index contributed by atoms with van der Waals surface area (Å²) in [6.45, 7) is 0.755. The lowest BCUT2D eigenvalue weighted by atomic mass is 9.82. The summed E-state index contributed by atoms with van der Waals surface area (Å²) in [4.78, 5) is 23.3. The summed E-state index contributed by atoms with van der Waals surface area (Å²) < 4.78 is 5.48. The Balaban J connectivity index is 1.84. The van der Waals surface area contributed by atoms with E-state index in [4.69, 9.17) is 10.5 Å². The number of ether oxygens (including phenoxy) is 1. The molecule has 1 saturated carbocycles. The average Bonchev–Trinajstić information content (AvgIpc) is 2.91. The average molecular weight is 282 g/mol. The number of carbonyl (C=O) groups is 2. The summed E-state index contributed by atoms with van der Waals surface area (Å²) in [7, 11) is 0. The van der Waals surface area contributed by atoms with E-state index in [0.717, 1.165) is 32.3 Å². The molecule has 1 aliphatic carbocycles. The first-order valence-electron chi connectivity index (χ1n) is 7.84. The normalized spacial score (nSPS) is 25.3. The molecule has 2 fully saturated rings. The van der Waals surface area contributed by atoms with Crippen molar-refractivity contribution in [3.05, 3.63) is 0 Å². The van der Waals surface area contributed by atoms with Crippen LogP contribution in [0.25, 0.3) is 0 Å². The van der Waals surface area contributed by atoms with E-state index >= 15 is 0 Å². The van der Waals surface area contributed by atoms with Gasteiger partial charge in [-0.3, -0.25) is 9.59 Å². The molecule has 0 radical (unpaired) electrons. The van der Waals surface area contributed by atoms with Gasteiger partial charge in [0, 0.05) is 19.1 Å². The predicted octanol–water partition coefficient (Wildman–Crippen LogP) is 1.50. The third-order valence-corrected chi connectivity index (χ3v) is 4.42. The van der Waals surface area contributed by atoms with Crippen LogP contribution < -0.4 is 11.1 Å². The van der Waals surface area contributed by atoms with Gasteiger partial charge in [0.15, 0.2) is 0 Å². The molecule has 1 heterocycles. The fraction of sp³-hybridized carbons (Fsp3) is 0.867. The van der Waals surface area contributed by atoms with Gasteiger partial charge in [0.05, 0.1) is 12.5 Å². The Morgan fingerprint density at radius 1 is 1.15 bits per heavy atom. The molecule has 5 heteroatoms. The maximum Gasteiger partial charge on any atom is 0.222 e. The Hall–Kier alpha value is -1.10. The molecular weight excluding hydrogens is 256 g/mol. The molecule has 1 aliphatic heterocycles. The lowest BCUT2D eigenvalue weighted by molar-refractivity contribution is -0.125. The van der Waals surface area contributed by atoms with Crippen LogP contribution in [0.5, 0.6) is 0 Å². The van der Waals surface area contributed by atoms with Crippen LogP contribution in [0.4, 0.5) is 0 Å². The number of primary amides is 1. The van der Waals surface area contributed by atoms with Gasteiger partial charge in [-0.05, 0) is 31.6 Å². The van der Waals surface area contributed by atoms with Gasteiger partial charge in [0.1, 0.15) is 0 Å². The molecule has 2 amide bonds. The molecular formula is C15H26N2O3. The summed E-state index contributed by atoms with van der Waals surface area (Å²) in [5.41, 5.74) is 5.32. The second-order valence-electron chi connectivity index (χ2n) is 6.08. The minimum atomic E-state index is -0.335. The summed E-state index contributed by atoms with van der Waals surface area (Å²) >= 11 is 0. The summed E-state index contributed by atoms with van der Waals surface area (Å²) in [6, 6.07) is -0.0956. The molecule has 2 aliphatic rings. The van der Waals surface area contributed by atoms with Gasteiger partial charge in [-0.25, -0.2) is 0 Å². The molecule has 1 saturated heterocycles. The Kier molecular flexibility index (Phi) is 5.83. The first-order valence-corrected chi connectivity index (χ1v) is 7.84. The first-order chi connectivity index (χ1) is 9.65. The van der Waals surface area contributed by atoms with Crippen LogP contribution in [0.15, 0.2) is 0 Å². The number of amides is 2. The van der Waals surface area contributed by atoms with E-state index < -0.39 is 0 Å². The molecule has 0 aromatic carbocycles. The van der Waals surface area contributed by atoms with Crippen molar-refractivity contribution in [2.75, 3.05) is 6.61 Å². The zero-order valence-corrected chi connectivity index (χ0v) is 12.1. The first kappa shape index (κ1) is 15.3. The van der Waals surface area contributed by atoms with Crippen molar-refractivity contribution in [3.63, 3.8) is 0 Å². The molecule has 20 heavy (non-hydrogen) atoms. The molecule has 2 rings (SSSR count). The minimum Gasteiger partial charge on any atom is -0.378 e. The molecule has 5 nitrogen and oxygen atoms in total. The molecule has 0 unspecified atom stereocenters. The third-order valence-electron chi connectivity index (χ3n) is 4.42. The number of nitrogens with two attached hydrogens (primary N) is 1. The van der Waals surface area contributed by atoms with Gasteiger partial charge < -0.3 is 15.8 Å². The number of hydrogen-bond donors (Lipinski definition) is 2. The van der Waals surface area contributed by atoms with Crippen molar-refractivity contribution in [1.29, 1.82) is 0 Å². The molecule has 114 valence electrons. The SMILES string of the molecule is NC(=O)C[C@H](NC(=O)C[C@H]1CCCO1)C1CCCCC1. The zero-order chi connectivity index (χ0) is 14.4. The van der Waals surface area contributed by atoms with Crippen molar-refractivity contribution < 1.29 is 14.3 Å². The van der Waals surface area contributed by atoms with Crippen LogP contribution in [-0.4, -0.2) is 30.6 Å². The van der Waals surface area contributed by atoms with Crippen LogP contribution in [-0.2, 0) is 14.3 Å². The van der Waals surface area contributed by atoms with Crippen LogP contribution in [0.3, 0.4) is 0 Å². The zero-order valence-electron chi connectivity index (χ0n) is 12.1. The second-order valence-corrected chi connectivity index (χ2v) is 6.08. The van der Waals surface area contributed by atoms with Gasteiger partial charge >= 0.3 is 0 Å². The second kappa shape index (κ2) is 7.62. The van der Waals surface area contributed by atoms with E-state index in [1.165, 1.54) is 19.3 Å². The van der Waals surface area contributed by atoms with Gasteiger partial charge in [-0.2, -0.15) is 0 Å². The predicted molar refractivity (Wildman–Crippen MR) is 75.9 cm³/mol. The Morgan fingerprint density at radius 3 is 2.50 bits per heavy atom. The Bertz CT molecular complexity index is 334. The Labute approximate surface area is 120 Å². The molecule has 0 aromatic heterocycles. The highest BCUT2D eigenvalue weighted by molar-refractivity contribution is 5.79. The van der Waals surface area contributed by atoms with Crippen LogP contribution in [0.2, 0.25) is 0 Å². The molecule has 0 aromatic rings. The van der Waals surface area contributed by atoms with Gasteiger partial charge in [-0.15, -0.1) is 0 Å². The molecule has 2 atom stereocenters. The third kappa shape index (κ3) is 4.78. The summed E-state index contributed by atoms with van der Waals surface area (Å²) in [5, 5.41) is 3.03. The molecule has 3 N–H and O–H groups in total. The summed E-state index contributed by atoms with van der Waals surface area (Å²) in [6.07, 6.45) is 8.48. The van der Waals surface area contributed by atoms with Crippen LogP contribution in [0.1, 0.15) is 57.8 Å². The maximum absolute atomic E-state index is 12.1. The van der Waals surface area contributed by atoms with E-state index in [9.17, 15) is 9.59 Å². The number of rotatable bonds is 6. The van der Waals surface area contributed by atoms with E-state index in [-0.39, 0.29) is 30.4 Å². The van der Waals surface area contributed by atoms with E-state index in [0.29, 0.717) is 12.3 Å². The lowest BCUT2D eigenvalue weighted by Crippen LogP contribution is -2.44. The highest BCUT2D eigenvalue weighted by Crippen LogP contribution is 2.28. The van der Waals surface area contributed by atoms with Crippen molar-refractivity contribution in [3.8, 4) is 0 Å². The standard InChI is InChI=1S/C15H26N2O3/c16-14(18)10-13(11-5-2-1-3-6-11)17-15(19)9-12-7-4-8-20-12/h11-13H,1-10H2,(H2,16,18)(H,17,19)/t12-,13+/m1/s1. The van der Waals surface area contributed by atoms with E-state index in [1.54, 1.807) is 0 Å². The van der Waals surface area contributed by atoms with Crippen molar-refractivity contribution in [1.82, 2.24) is 5.32 Å². The van der Waals surface area contributed by atoms with Crippen molar-refractivity contribution in [2.45, 2.75) is 69.9 Å². The van der Waals surface area contributed by atoms with Crippen molar-refractivity contribution >= 4 is 11.8 Å². The topological polar surface area (TPSA) is 81.4 Å². The van der Waals surface area contributed by atoms with Crippen LogP contribution >= 0.6 is 0 Å². The fourth-order valence-corrected chi connectivity index (χ4v) is 3.37. The highest BCUT2D eigenvalue weighted by Gasteiger charge is 2.28. The van der Waals surface area contributed by atoms with Gasteiger partial charge in [0.2, 0.25) is 11.8 Å². The summed E-state index contributed by atoms with van der Waals surface area (Å²) in [5.74, 6) is 0.0522. The van der Waals surface area contributed by atoms with Crippen molar-refractivity contribution in [2.24, 2.45) is 11.7 Å². The highest BCUT2D eigenvalue weighted by atomic mass is 16.5. The van der Waals surface area contributed by atoms with Gasteiger partial charge in [0.25, 0.3) is 0 Å². The number of hydrogen-bond acceptors (Lipinski definition) is 3. The Morgan fingerprint density at radius 2 is 1.90 bits per heavy atom. The fourth-order valence-electron chi connectivity index (χ4n) is 3.37. The maximum atomic E-state index is 12.1. The van der Waals surface area contributed by atoms with E-state index in [1.807, 2.05) is 0 Å². The minimum absolute atomic E-state index is 0.00581. The number of carbonyl (C=O) groups excluding carboxylic acids is 2. The quantitative estimate of drug-likeness (QED) is 0.774. The smallest absolute Gasteiger partial charge is 0.222 e. The van der Waals surface area contributed by atoms with Crippen LogP contribution in [0, 0.1) is 5.92 Å². The monoisotopic (exact) mass is 282 g/mol. The largest absolute Gasteiger partial charge is 0.378 e. The van der Waals surface area contributed by atoms with Gasteiger partial charge in [-0.1, -0.05) is 19.3 Å².